The van der Waals surface area contributed by atoms with Gasteiger partial charge in [0.25, 0.3) is 0 Å². The Morgan fingerprint density at radius 1 is 0.333 bits per heavy atom. The van der Waals surface area contributed by atoms with Crippen LogP contribution in [0.4, 0.5) is 0 Å². The van der Waals surface area contributed by atoms with Crippen LogP contribution in [0.1, 0.15) is 77.6 Å². The molecule has 0 unspecified atom stereocenters. The van der Waals surface area contributed by atoms with Crippen LogP contribution in [-0.2, 0) is 4.79 Å². The minimum atomic E-state index is -0.954. The average Bonchev–Trinajstić information content (AvgIpc) is 3.17. The largest absolute Gasteiger partial charge is 0.481 e. The van der Waals surface area contributed by atoms with Crippen molar-refractivity contribution >= 4 is 5.97 Å². The van der Waals surface area contributed by atoms with E-state index in [2.05, 4.69) is 6.92 Å². The van der Waals surface area contributed by atoms with Gasteiger partial charge in [0.1, 0.15) is 36.6 Å². The molecule has 19 N–H and O–H groups in total. The lowest BCUT2D eigenvalue weighted by molar-refractivity contribution is -0.137. The monoisotopic (exact) mass is 766 g/mol. The molecule has 0 aliphatic carbocycles. The van der Waals surface area contributed by atoms with Gasteiger partial charge in [-0.05, 0) is 6.42 Å². The van der Waals surface area contributed by atoms with Gasteiger partial charge >= 0.3 is 5.97 Å². The molecule has 0 saturated heterocycles. The molecule has 20 heteroatoms. The highest BCUT2D eigenvalue weighted by Crippen LogP contribution is 2.11. The number of hydrogen-bond donors (Lipinski definition) is 19. The van der Waals surface area contributed by atoms with Crippen molar-refractivity contribution in [3.63, 3.8) is 0 Å². The molecule has 20 nitrogen and oxygen atoms in total. The van der Waals surface area contributed by atoms with Gasteiger partial charge in [-0.15, -0.1) is 0 Å². The van der Waals surface area contributed by atoms with Crippen molar-refractivity contribution in [1.82, 2.24) is 0 Å². The molecule has 0 aliphatic heterocycles. The first-order chi connectivity index (χ1) is 24.1. The molecule has 0 aromatic rings. The van der Waals surface area contributed by atoms with Crippen molar-refractivity contribution in [1.29, 1.82) is 0 Å². The molecule has 0 heterocycles. The van der Waals surface area contributed by atoms with Crippen LogP contribution < -0.4 is 0 Å². The fourth-order valence-electron chi connectivity index (χ4n) is 2.11. The highest BCUT2D eigenvalue weighted by atomic mass is 16.4. The van der Waals surface area contributed by atoms with Crippen LogP contribution >= 0.6 is 0 Å². The van der Waals surface area contributed by atoms with E-state index in [0.29, 0.717) is 6.42 Å². The molecule has 51 heavy (non-hydrogen) atoms. The zero-order chi connectivity index (χ0) is 41.3. The molecule has 0 fully saturated rings. The highest BCUT2D eigenvalue weighted by molar-refractivity contribution is 5.66. The summed E-state index contributed by atoms with van der Waals surface area (Å²) in [5, 5.41) is 153. The third kappa shape index (κ3) is 88.2. The van der Waals surface area contributed by atoms with Crippen LogP contribution in [0.15, 0.2) is 0 Å². The lowest BCUT2D eigenvalue weighted by atomic mass is 10.1. The number of carboxylic acid groups (broad SMARTS) is 1. The summed E-state index contributed by atoms with van der Waals surface area (Å²) in [6, 6.07) is 0. The van der Waals surface area contributed by atoms with Crippen molar-refractivity contribution in [2.75, 3.05) is 79.3 Å². The van der Waals surface area contributed by atoms with Crippen LogP contribution in [-0.4, -0.2) is 219 Å². The lowest BCUT2D eigenvalue weighted by Gasteiger charge is -2.01. The van der Waals surface area contributed by atoms with Gasteiger partial charge in [-0.25, -0.2) is 0 Å². The van der Waals surface area contributed by atoms with Gasteiger partial charge in [0, 0.05) is 6.42 Å². The molecular weight excluding hydrogens is 692 g/mol. The van der Waals surface area contributed by atoms with Gasteiger partial charge in [0.05, 0.1) is 79.3 Å². The second kappa shape index (κ2) is 60.8. The standard InChI is InChI=1S/C13H26O2.6C3H8O3/c1-2-3-4-5-6-7-8-9-10-11-12-13(14)15;6*4-1-3(6)2-5/h2-12H2,1H3,(H,14,15);6*3-6H,1-2H2. The Balaban J connectivity index is -0.0000000929. The second-order valence-electron chi connectivity index (χ2n) is 10.4. The maximum atomic E-state index is 10.2. The zero-order valence-corrected chi connectivity index (χ0v) is 30.1. The van der Waals surface area contributed by atoms with Crippen molar-refractivity contribution in [2.24, 2.45) is 0 Å². The van der Waals surface area contributed by atoms with Gasteiger partial charge < -0.3 is 97.0 Å². The van der Waals surface area contributed by atoms with Gasteiger partial charge in [-0.3, -0.25) is 4.79 Å². The first-order valence-electron chi connectivity index (χ1n) is 16.7. The fraction of sp³-hybridized carbons (Fsp3) is 0.968. The third-order valence-electron chi connectivity index (χ3n) is 5.27. The Morgan fingerprint density at radius 3 is 0.608 bits per heavy atom. The van der Waals surface area contributed by atoms with Crippen LogP contribution in [0.5, 0.6) is 0 Å². The van der Waals surface area contributed by atoms with Crippen molar-refractivity contribution in [2.45, 2.75) is 114 Å². The summed E-state index contributed by atoms with van der Waals surface area (Å²) < 4.78 is 0. The molecular formula is C31H74O20. The maximum absolute atomic E-state index is 10.2. The van der Waals surface area contributed by atoms with E-state index in [0.717, 1.165) is 12.8 Å². The molecule has 0 rings (SSSR count). The normalized spacial score (nSPS) is 10.1. The Morgan fingerprint density at radius 2 is 0.490 bits per heavy atom. The quantitative estimate of drug-likeness (QED) is 0.0431. The van der Waals surface area contributed by atoms with E-state index < -0.39 is 42.6 Å². The Labute approximate surface area is 301 Å². The minimum absolute atomic E-state index is 0.344. The third-order valence-corrected chi connectivity index (χ3v) is 5.27. The molecule has 0 saturated carbocycles. The first-order valence-corrected chi connectivity index (χ1v) is 16.7. The summed E-state index contributed by atoms with van der Waals surface area (Å²) in [4.78, 5) is 10.2. The van der Waals surface area contributed by atoms with Crippen molar-refractivity contribution in [3.05, 3.63) is 0 Å². The van der Waals surface area contributed by atoms with E-state index in [-0.39, 0.29) is 79.3 Å². The summed E-state index contributed by atoms with van der Waals surface area (Å²) in [5.74, 6) is -0.658. The molecule has 0 amide bonds. The van der Waals surface area contributed by atoms with Crippen molar-refractivity contribution in [3.8, 4) is 0 Å². The number of rotatable bonds is 23. The zero-order valence-electron chi connectivity index (χ0n) is 30.1. The SMILES string of the molecule is CCCCCCCCCCCCC(=O)O.OCC(O)CO.OCC(O)CO.OCC(O)CO.OCC(O)CO.OCC(O)CO.OCC(O)CO. The molecule has 0 atom stereocenters. The molecule has 318 valence electrons. The Kier molecular flexibility index (Phi) is 77.2. The van der Waals surface area contributed by atoms with E-state index >= 15 is 0 Å². The minimum Gasteiger partial charge on any atom is -0.481 e. The van der Waals surface area contributed by atoms with Crippen LogP contribution in [0, 0.1) is 0 Å². The molecule has 0 aromatic heterocycles. The summed E-state index contributed by atoms with van der Waals surface area (Å²) in [6.07, 6.45) is 7.19. The molecule has 0 aliphatic rings. The number of unbranched alkanes of at least 4 members (excludes halogenated alkanes) is 9. The van der Waals surface area contributed by atoms with E-state index in [1.807, 2.05) is 0 Å². The highest BCUT2D eigenvalue weighted by Gasteiger charge is 1.98. The summed E-state index contributed by atoms with van der Waals surface area (Å²) in [6.45, 7) is -2.14. The lowest BCUT2D eigenvalue weighted by Crippen LogP contribution is -2.15. The number of carbonyl (C=O) groups is 1. The van der Waals surface area contributed by atoms with Gasteiger partial charge in [0.2, 0.25) is 0 Å². The molecule has 0 aromatic carbocycles. The van der Waals surface area contributed by atoms with Gasteiger partial charge in [-0.2, -0.15) is 0 Å². The maximum Gasteiger partial charge on any atom is 0.303 e. The molecule has 0 bridgehead atoms. The topological polar surface area (TPSA) is 401 Å². The number of aliphatic hydroxyl groups is 18. The number of aliphatic carboxylic acids is 1. The smallest absolute Gasteiger partial charge is 0.303 e. The first kappa shape index (κ1) is 64.7. The molecule has 0 radical (unpaired) electrons. The Bertz CT molecular complexity index is 466. The van der Waals surface area contributed by atoms with E-state index in [9.17, 15) is 4.79 Å². The predicted molar refractivity (Wildman–Crippen MR) is 185 cm³/mol. The fourth-order valence-corrected chi connectivity index (χ4v) is 2.11. The summed E-state index contributed by atoms with van der Waals surface area (Å²) in [5.41, 5.74) is 0. The predicted octanol–water partition coefficient (Wildman–Crippen LogP) is -5.63. The van der Waals surface area contributed by atoms with Crippen LogP contribution in [0.3, 0.4) is 0 Å². The van der Waals surface area contributed by atoms with Gasteiger partial charge in [-0.1, -0.05) is 64.7 Å². The summed E-state index contributed by atoms with van der Waals surface area (Å²) in [7, 11) is 0. The molecule has 0 spiro atoms. The number of aliphatic hydroxyl groups excluding tert-OH is 18. The van der Waals surface area contributed by atoms with Gasteiger partial charge in [0.15, 0.2) is 0 Å². The van der Waals surface area contributed by atoms with Crippen molar-refractivity contribution < 1.29 is 102 Å². The second-order valence-corrected chi connectivity index (χ2v) is 10.4. The van der Waals surface area contributed by atoms with Crippen LogP contribution in [0.25, 0.3) is 0 Å². The summed E-state index contributed by atoms with van der Waals surface area (Å²) >= 11 is 0. The van der Waals surface area contributed by atoms with E-state index in [1.54, 1.807) is 0 Å². The number of hydrogen-bond acceptors (Lipinski definition) is 19. The number of carboxylic acids is 1. The van der Waals surface area contributed by atoms with Crippen LogP contribution in [0.2, 0.25) is 0 Å². The van der Waals surface area contributed by atoms with E-state index in [4.69, 9.17) is 97.0 Å². The van der Waals surface area contributed by atoms with E-state index in [1.165, 1.54) is 51.4 Å². The Hall–Kier alpha value is -1.25. The average molecular weight is 767 g/mol.